The number of carbonyl (C=O) groups excluding carboxylic acids is 1. The average Bonchev–Trinajstić information content (AvgIpc) is 2.71. The maximum Gasteiger partial charge on any atom is 0.407 e. The van der Waals surface area contributed by atoms with Gasteiger partial charge in [-0.3, -0.25) is 0 Å². The Morgan fingerprint density at radius 1 is 1.35 bits per heavy atom. The number of carbonyl (C=O) groups is 1. The molecule has 1 fully saturated rings. The number of halogens is 1. The highest BCUT2D eigenvalue weighted by Gasteiger charge is 2.33. The third-order valence-corrected chi connectivity index (χ3v) is 3.44. The topological polar surface area (TPSA) is 47.6 Å². The molecule has 1 heterocycles. The lowest BCUT2D eigenvalue weighted by atomic mass is 10.2. The molecule has 2 rings (SSSR count). The number of ether oxygens (including phenoxy) is 2. The molecule has 0 aliphatic carbocycles. The van der Waals surface area contributed by atoms with E-state index in [9.17, 15) is 4.79 Å². The van der Waals surface area contributed by atoms with Gasteiger partial charge in [-0.15, -0.1) is 0 Å². The molecule has 4 nitrogen and oxygen atoms in total. The summed E-state index contributed by atoms with van der Waals surface area (Å²) in [6.45, 7) is 1.04. The largest absolute Gasteiger partial charge is 0.443 e. The summed E-state index contributed by atoms with van der Waals surface area (Å²) < 4.78 is 11.4. The van der Waals surface area contributed by atoms with Crippen molar-refractivity contribution in [3.05, 3.63) is 35.9 Å². The van der Waals surface area contributed by atoms with Crippen LogP contribution >= 0.6 is 22.6 Å². The normalized spacial score (nSPS) is 23.2. The Morgan fingerprint density at radius 3 is 2.82 bits per heavy atom. The van der Waals surface area contributed by atoms with Crippen molar-refractivity contribution >= 4 is 28.7 Å². The first kappa shape index (κ1) is 12.6. The van der Waals surface area contributed by atoms with Crippen molar-refractivity contribution in [2.75, 3.05) is 11.0 Å². The molecule has 0 unspecified atom stereocenters. The predicted molar refractivity (Wildman–Crippen MR) is 72.2 cm³/mol. The number of amides is 1. The molecule has 0 bridgehead atoms. The van der Waals surface area contributed by atoms with Crippen molar-refractivity contribution in [3.8, 4) is 0 Å². The molecular weight excluding hydrogens is 333 g/mol. The van der Waals surface area contributed by atoms with Gasteiger partial charge in [0.25, 0.3) is 0 Å². The van der Waals surface area contributed by atoms with Crippen molar-refractivity contribution in [3.63, 3.8) is 0 Å². The summed E-state index contributed by atoms with van der Waals surface area (Å²) >= 11 is 2.21. The van der Waals surface area contributed by atoms with Crippen molar-refractivity contribution in [1.29, 1.82) is 0 Å². The van der Waals surface area contributed by atoms with E-state index in [0.717, 1.165) is 9.99 Å². The summed E-state index contributed by atoms with van der Waals surface area (Å²) in [5.41, 5.74) is 1.13. The Hall–Kier alpha value is -0.820. The van der Waals surface area contributed by atoms with Gasteiger partial charge in [-0.2, -0.15) is 0 Å². The first-order valence-corrected chi connectivity index (χ1v) is 6.97. The first-order chi connectivity index (χ1) is 8.29. The van der Waals surface area contributed by atoms with Crippen LogP contribution in [-0.4, -0.2) is 29.3 Å². The number of cyclic esters (lactones) is 1. The van der Waals surface area contributed by atoms with E-state index in [0.29, 0.717) is 13.2 Å². The molecule has 1 amide bonds. The molecule has 1 saturated heterocycles. The van der Waals surface area contributed by atoms with Crippen molar-refractivity contribution < 1.29 is 14.3 Å². The fraction of sp³-hybridized carbons (Fsp3) is 0.417. The van der Waals surface area contributed by atoms with Gasteiger partial charge in [-0.05, 0) is 5.56 Å². The Bertz CT molecular complexity index is 371. The van der Waals surface area contributed by atoms with Crippen molar-refractivity contribution in [2.45, 2.75) is 18.8 Å². The highest BCUT2D eigenvalue weighted by atomic mass is 127. The maximum absolute atomic E-state index is 11.1. The van der Waals surface area contributed by atoms with Crippen LogP contribution in [0.5, 0.6) is 0 Å². The Labute approximate surface area is 114 Å². The van der Waals surface area contributed by atoms with Gasteiger partial charge in [-0.25, -0.2) is 4.79 Å². The number of alkyl halides is 1. The molecule has 0 saturated carbocycles. The number of rotatable bonds is 5. The smallest absolute Gasteiger partial charge is 0.407 e. The second-order valence-electron chi connectivity index (χ2n) is 3.85. The van der Waals surface area contributed by atoms with Crippen LogP contribution in [0.25, 0.3) is 0 Å². The average molecular weight is 347 g/mol. The summed E-state index contributed by atoms with van der Waals surface area (Å²) in [5, 5.41) is 2.75. The number of hydrogen-bond acceptors (Lipinski definition) is 3. The van der Waals surface area contributed by atoms with Gasteiger partial charge in [0.2, 0.25) is 0 Å². The van der Waals surface area contributed by atoms with Gasteiger partial charge in [0.1, 0.15) is 6.10 Å². The molecule has 5 heteroatoms. The highest BCUT2D eigenvalue weighted by molar-refractivity contribution is 14.1. The number of hydrogen-bond donors (Lipinski definition) is 1. The molecule has 1 N–H and O–H groups in total. The molecule has 17 heavy (non-hydrogen) atoms. The quantitative estimate of drug-likeness (QED) is 0.656. The fourth-order valence-electron chi connectivity index (χ4n) is 1.66. The maximum atomic E-state index is 11.1. The highest BCUT2D eigenvalue weighted by Crippen LogP contribution is 2.12. The molecule has 1 aliphatic heterocycles. The van der Waals surface area contributed by atoms with Crippen molar-refractivity contribution in [2.24, 2.45) is 0 Å². The van der Waals surface area contributed by atoms with Gasteiger partial charge in [0.05, 0.1) is 19.3 Å². The summed E-state index contributed by atoms with van der Waals surface area (Å²) in [6.07, 6.45) is -0.432. The molecule has 1 aliphatic rings. The second-order valence-corrected chi connectivity index (χ2v) is 4.73. The Morgan fingerprint density at radius 2 is 2.12 bits per heavy atom. The molecule has 0 aromatic heterocycles. The lowest BCUT2D eigenvalue weighted by Gasteiger charge is -2.14. The zero-order valence-electron chi connectivity index (χ0n) is 9.27. The van der Waals surface area contributed by atoms with E-state index >= 15 is 0 Å². The molecule has 92 valence electrons. The van der Waals surface area contributed by atoms with Crippen LogP contribution in [-0.2, 0) is 16.1 Å². The monoisotopic (exact) mass is 347 g/mol. The van der Waals surface area contributed by atoms with Crippen LogP contribution in [0.4, 0.5) is 4.79 Å². The zero-order chi connectivity index (χ0) is 12.1. The minimum Gasteiger partial charge on any atom is -0.443 e. The van der Waals surface area contributed by atoms with E-state index < -0.39 is 0 Å². The van der Waals surface area contributed by atoms with E-state index in [4.69, 9.17) is 9.47 Å². The van der Waals surface area contributed by atoms with E-state index in [2.05, 4.69) is 27.9 Å². The van der Waals surface area contributed by atoms with Crippen molar-refractivity contribution in [1.82, 2.24) is 5.32 Å². The van der Waals surface area contributed by atoms with E-state index in [1.54, 1.807) is 0 Å². The lowest BCUT2D eigenvalue weighted by Crippen LogP contribution is -2.36. The number of benzene rings is 1. The van der Waals surface area contributed by atoms with Crippen LogP contribution < -0.4 is 5.32 Å². The molecular formula is C12H14INO3. The van der Waals surface area contributed by atoms with E-state index in [1.165, 1.54) is 0 Å². The van der Waals surface area contributed by atoms with Crippen LogP contribution in [0.2, 0.25) is 0 Å². The summed E-state index contributed by atoms with van der Waals surface area (Å²) in [7, 11) is 0. The lowest BCUT2D eigenvalue weighted by molar-refractivity contribution is 0.0797. The van der Waals surface area contributed by atoms with Gasteiger partial charge in [-0.1, -0.05) is 52.9 Å². The second kappa shape index (κ2) is 6.20. The predicted octanol–water partition coefficient (Wildman–Crippen LogP) is 2.12. The van der Waals surface area contributed by atoms with Gasteiger partial charge < -0.3 is 14.8 Å². The standard InChI is InChI=1S/C12H14INO3/c13-6-11-10(14-12(15)17-11)8-16-7-9-4-2-1-3-5-9/h1-5,10-11H,6-8H2,(H,14,15)/t10-,11+/m0/s1. The van der Waals surface area contributed by atoms with Crippen LogP contribution in [0.15, 0.2) is 30.3 Å². The summed E-state index contributed by atoms with van der Waals surface area (Å²) in [4.78, 5) is 11.1. The first-order valence-electron chi connectivity index (χ1n) is 5.44. The van der Waals surface area contributed by atoms with E-state index in [1.807, 2.05) is 30.3 Å². The Kier molecular flexibility index (Phi) is 4.61. The SMILES string of the molecule is O=C1N[C@@H](COCc2ccccc2)[C@@H](CI)O1. The van der Waals surface area contributed by atoms with Crippen LogP contribution in [0.3, 0.4) is 0 Å². The summed E-state index contributed by atoms with van der Waals surface area (Å²) in [6, 6.07) is 9.92. The summed E-state index contributed by atoms with van der Waals surface area (Å²) in [5.74, 6) is 0. The molecule has 2 atom stereocenters. The van der Waals surface area contributed by atoms with Gasteiger partial charge >= 0.3 is 6.09 Å². The zero-order valence-corrected chi connectivity index (χ0v) is 11.4. The molecule has 0 spiro atoms. The van der Waals surface area contributed by atoms with Crippen LogP contribution in [0, 0.1) is 0 Å². The van der Waals surface area contributed by atoms with Gasteiger partial charge in [0, 0.05) is 4.43 Å². The third kappa shape index (κ3) is 3.57. The number of nitrogens with one attached hydrogen (secondary N) is 1. The number of alkyl carbamates (subject to hydrolysis) is 1. The third-order valence-electron chi connectivity index (χ3n) is 2.57. The molecule has 0 radical (unpaired) electrons. The minimum atomic E-state index is -0.347. The van der Waals surface area contributed by atoms with Gasteiger partial charge in [0.15, 0.2) is 0 Å². The molecule has 1 aromatic rings. The molecule has 1 aromatic carbocycles. The fourth-order valence-corrected chi connectivity index (χ4v) is 2.46. The van der Waals surface area contributed by atoms with Crippen LogP contribution in [0.1, 0.15) is 5.56 Å². The Balaban J connectivity index is 1.77. The minimum absolute atomic E-state index is 0.0388. The van der Waals surface area contributed by atoms with E-state index in [-0.39, 0.29) is 18.2 Å².